The maximum absolute atomic E-state index is 12.8. The molecule has 0 saturated carbocycles. The van der Waals surface area contributed by atoms with Crippen LogP contribution in [-0.2, 0) is 11.2 Å². The first kappa shape index (κ1) is 19.9. The highest BCUT2D eigenvalue weighted by molar-refractivity contribution is 7.98. The number of para-hydroxylation sites is 2. The molecule has 0 atom stereocenters. The summed E-state index contributed by atoms with van der Waals surface area (Å²) in [6.07, 6.45) is 5.10. The summed E-state index contributed by atoms with van der Waals surface area (Å²) in [5.41, 5.74) is 5.17. The number of benzene rings is 1. The number of fused-ring (bicyclic) bond motifs is 1. The van der Waals surface area contributed by atoms with E-state index in [0.717, 1.165) is 64.9 Å². The van der Waals surface area contributed by atoms with Crippen LogP contribution < -0.4 is 0 Å². The van der Waals surface area contributed by atoms with E-state index in [0.29, 0.717) is 18.8 Å². The van der Waals surface area contributed by atoms with Crippen LogP contribution in [0.1, 0.15) is 48.0 Å². The van der Waals surface area contributed by atoms with Gasteiger partial charge in [-0.25, -0.2) is 15.0 Å². The zero-order chi connectivity index (χ0) is 20.4. The Bertz CT molecular complexity index is 967. The van der Waals surface area contributed by atoms with Gasteiger partial charge in [0.2, 0.25) is 5.91 Å². The fraction of sp³-hybridized carbons (Fsp3) is 0.455. The first-order chi connectivity index (χ1) is 14.0. The summed E-state index contributed by atoms with van der Waals surface area (Å²) in [6, 6.07) is 8.13. The number of likely N-dealkylation sites (tertiary alicyclic amines) is 1. The molecule has 4 rings (SSSR count). The van der Waals surface area contributed by atoms with Gasteiger partial charge >= 0.3 is 0 Å². The van der Waals surface area contributed by atoms with Crippen molar-refractivity contribution in [3.63, 3.8) is 0 Å². The topological polar surface area (TPSA) is 74.8 Å². The van der Waals surface area contributed by atoms with Crippen LogP contribution in [0.4, 0.5) is 0 Å². The number of thioether (sulfide) groups is 1. The molecule has 0 unspecified atom stereocenters. The third-order valence-corrected chi connectivity index (χ3v) is 6.36. The van der Waals surface area contributed by atoms with Crippen molar-refractivity contribution < 1.29 is 4.79 Å². The average molecular weight is 410 g/mol. The number of piperidine rings is 1. The summed E-state index contributed by atoms with van der Waals surface area (Å²) >= 11 is 1.55. The highest BCUT2D eigenvalue weighted by Gasteiger charge is 2.25. The number of aromatic nitrogens is 4. The molecule has 1 N–H and O–H groups in total. The third-order valence-electron chi connectivity index (χ3n) is 5.81. The van der Waals surface area contributed by atoms with Gasteiger partial charge in [0.25, 0.3) is 0 Å². The molecule has 0 bridgehead atoms. The standard InChI is InChI=1S/C22H27N5OS/c1-14-17(15(2)24-22(23-14)29-3)8-9-20(28)27-12-10-16(11-13-27)21-25-18-6-4-5-7-19(18)26-21/h4-7,16H,8-13H2,1-3H3,(H,25,26). The molecule has 0 radical (unpaired) electrons. The Labute approximate surface area is 175 Å². The molecule has 1 aliphatic rings. The van der Waals surface area contributed by atoms with Gasteiger partial charge in [0.05, 0.1) is 11.0 Å². The quantitative estimate of drug-likeness (QED) is 0.509. The summed E-state index contributed by atoms with van der Waals surface area (Å²) in [7, 11) is 0. The van der Waals surface area contributed by atoms with E-state index in [-0.39, 0.29) is 5.91 Å². The summed E-state index contributed by atoms with van der Waals surface area (Å²) in [5, 5.41) is 0.794. The van der Waals surface area contributed by atoms with Crippen LogP contribution in [0.25, 0.3) is 11.0 Å². The lowest BCUT2D eigenvalue weighted by molar-refractivity contribution is -0.132. The van der Waals surface area contributed by atoms with Gasteiger partial charge in [-0.05, 0) is 57.1 Å². The molecule has 3 heterocycles. The number of nitrogens with one attached hydrogen (secondary N) is 1. The maximum Gasteiger partial charge on any atom is 0.222 e. The number of rotatable bonds is 5. The lowest BCUT2D eigenvalue weighted by atomic mass is 9.95. The SMILES string of the molecule is CSc1nc(C)c(CCC(=O)N2CCC(c3nc4ccccc4[nH]3)CC2)c(C)n1. The minimum atomic E-state index is 0.223. The number of aromatic amines is 1. The minimum absolute atomic E-state index is 0.223. The molecule has 1 aliphatic heterocycles. The zero-order valence-electron chi connectivity index (χ0n) is 17.2. The summed E-state index contributed by atoms with van der Waals surface area (Å²) in [5.74, 6) is 1.67. The monoisotopic (exact) mass is 409 g/mol. The van der Waals surface area contributed by atoms with E-state index in [2.05, 4.69) is 21.0 Å². The van der Waals surface area contributed by atoms with Gasteiger partial charge in [-0.1, -0.05) is 23.9 Å². The molecule has 3 aromatic rings. The molecule has 6 nitrogen and oxygen atoms in total. The van der Waals surface area contributed by atoms with Gasteiger partial charge < -0.3 is 9.88 Å². The third kappa shape index (κ3) is 4.29. The van der Waals surface area contributed by atoms with Gasteiger partial charge in [0, 0.05) is 36.8 Å². The number of hydrogen-bond acceptors (Lipinski definition) is 5. The van der Waals surface area contributed by atoms with Crippen molar-refractivity contribution in [2.45, 2.75) is 50.6 Å². The van der Waals surface area contributed by atoms with Crippen molar-refractivity contribution >= 4 is 28.7 Å². The van der Waals surface area contributed by atoms with E-state index < -0.39 is 0 Å². The second-order valence-corrected chi connectivity index (χ2v) is 8.43. The van der Waals surface area contributed by atoms with Crippen molar-refractivity contribution in [2.75, 3.05) is 19.3 Å². The van der Waals surface area contributed by atoms with Gasteiger partial charge in [-0.15, -0.1) is 0 Å². The summed E-state index contributed by atoms with van der Waals surface area (Å²) < 4.78 is 0. The summed E-state index contributed by atoms with van der Waals surface area (Å²) in [6.45, 7) is 5.60. The Balaban J connectivity index is 1.33. The van der Waals surface area contributed by atoms with Crippen LogP contribution in [0, 0.1) is 13.8 Å². The average Bonchev–Trinajstić information content (AvgIpc) is 3.17. The van der Waals surface area contributed by atoms with Crippen molar-refractivity contribution in [3.05, 3.63) is 47.0 Å². The number of imidazole rings is 1. The fourth-order valence-electron chi connectivity index (χ4n) is 4.12. The second kappa shape index (κ2) is 8.53. The molecule has 1 saturated heterocycles. The Morgan fingerprint density at radius 2 is 1.83 bits per heavy atom. The largest absolute Gasteiger partial charge is 0.343 e. The smallest absolute Gasteiger partial charge is 0.222 e. The maximum atomic E-state index is 12.8. The number of hydrogen-bond donors (Lipinski definition) is 1. The Morgan fingerprint density at radius 3 is 2.48 bits per heavy atom. The fourth-order valence-corrected chi connectivity index (χ4v) is 4.58. The van der Waals surface area contributed by atoms with Crippen LogP contribution >= 0.6 is 11.8 Å². The molecule has 2 aromatic heterocycles. The van der Waals surface area contributed by atoms with E-state index in [4.69, 9.17) is 4.98 Å². The normalized spacial score (nSPS) is 15.2. The predicted octanol–water partition coefficient (Wildman–Crippen LogP) is 4.03. The van der Waals surface area contributed by atoms with E-state index >= 15 is 0 Å². The number of nitrogens with zero attached hydrogens (tertiary/aromatic N) is 4. The Hall–Kier alpha value is -2.41. The van der Waals surface area contributed by atoms with E-state index in [9.17, 15) is 4.79 Å². The van der Waals surface area contributed by atoms with Crippen LogP contribution in [-0.4, -0.2) is 50.1 Å². The van der Waals surface area contributed by atoms with Crippen molar-refractivity contribution in [1.29, 1.82) is 0 Å². The number of carbonyl (C=O) groups excluding carboxylic acids is 1. The molecule has 1 amide bonds. The highest BCUT2D eigenvalue weighted by atomic mass is 32.2. The summed E-state index contributed by atoms with van der Waals surface area (Å²) in [4.78, 5) is 32.0. The molecule has 0 spiro atoms. The molecular formula is C22H27N5OS. The van der Waals surface area contributed by atoms with Gasteiger partial charge in [0.15, 0.2) is 5.16 Å². The minimum Gasteiger partial charge on any atom is -0.343 e. The van der Waals surface area contributed by atoms with E-state index in [1.807, 2.05) is 43.2 Å². The van der Waals surface area contributed by atoms with Gasteiger partial charge in [0.1, 0.15) is 5.82 Å². The Morgan fingerprint density at radius 1 is 1.14 bits per heavy atom. The molecular weight excluding hydrogens is 382 g/mol. The van der Waals surface area contributed by atoms with Crippen LogP contribution in [0.2, 0.25) is 0 Å². The Kier molecular flexibility index (Phi) is 5.85. The van der Waals surface area contributed by atoms with E-state index in [1.54, 1.807) is 11.8 Å². The molecule has 1 aromatic carbocycles. The lowest BCUT2D eigenvalue weighted by Crippen LogP contribution is -2.38. The van der Waals surface area contributed by atoms with Crippen LogP contribution in [0.3, 0.4) is 0 Å². The van der Waals surface area contributed by atoms with Gasteiger partial charge in [-0.3, -0.25) is 4.79 Å². The first-order valence-corrected chi connectivity index (χ1v) is 11.4. The predicted molar refractivity (Wildman–Crippen MR) is 116 cm³/mol. The van der Waals surface area contributed by atoms with Crippen molar-refractivity contribution in [2.24, 2.45) is 0 Å². The molecule has 7 heteroatoms. The molecule has 0 aliphatic carbocycles. The number of H-pyrrole nitrogens is 1. The number of carbonyl (C=O) groups is 1. The van der Waals surface area contributed by atoms with Crippen LogP contribution in [0.15, 0.2) is 29.4 Å². The molecule has 1 fully saturated rings. The van der Waals surface area contributed by atoms with Gasteiger partial charge in [-0.2, -0.15) is 0 Å². The number of aryl methyl sites for hydroxylation is 2. The molecule has 29 heavy (non-hydrogen) atoms. The highest BCUT2D eigenvalue weighted by Crippen LogP contribution is 2.28. The zero-order valence-corrected chi connectivity index (χ0v) is 18.1. The first-order valence-electron chi connectivity index (χ1n) is 10.2. The van der Waals surface area contributed by atoms with E-state index in [1.165, 1.54) is 0 Å². The lowest BCUT2D eigenvalue weighted by Gasteiger charge is -2.31. The second-order valence-electron chi connectivity index (χ2n) is 7.65. The van der Waals surface area contributed by atoms with Crippen molar-refractivity contribution in [3.8, 4) is 0 Å². The van der Waals surface area contributed by atoms with Crippen molar-refractivity contribution in [1.82, 2.24) is 24.8 Å². The van der Waals surface area contributed by atoms with Crippen LogP contribution in [0.5, 0.6) is 0 Å². The number of amides is 1. The molecule has 152 valence electrons.